The minimum absolute atomic E-state index is 0.243. The molecular weight excluding hydrogens is 218 g/mol. The van der Waals surface area contributed by atoms with E-state index in [0.29, 0.717) is 5.56 Å². The van der Waals surface area contributed by atoms with Gasteiger partial charge in [0, 0.05) is 22.7 Å². The van der Waals surface area contributed by atoms with Gasteiger partial charge < -0.3 is 0 Å². The molecule has 0 unspecified atom stereocenters. The molecule has 0 radical (unpaired) electrons. The average molecular weight is 244 g/mol. The van der Waals surface area contributed by atoms with Gasteiger partial charge in [-0.15, -0.1) is 0 Å². The molecule has 1 heteroatoms. The molecule has 1 aromatic heterocycles. The molecule has 2 aromatic rings. The Kier molecular flexibility index (Phi) is 2.32. The molecule has 94 valence electrons. The summed E-state index contributed by atoms with van der Waals surface area (Å²) < 4.78 is 33.4. The van der Waals surface area contributed by atoms with Gasteiger partial charge in [0.25, 0.3) is 0 Å². The van der Waals surface area contributed by atoms with Gasteiger partial charge >= 0.3 is 0 Å². The molecule has 0 aliphatic rings. The predicted molar refractivity (Wildman–Crippen MR) is 76.6 cm³/mol. The van der Waals surface area contributed by atoms with E-state index < -0.39 is 12.7 Å². The third kappa shape index (κ3) is 2.31. The summed E-state index contributed by atoms with van der Waals surface area (Å²) in [6, 6.07) is 9.83. The molecule has 0 amide bonds. The molecule has 1 aromatic carbocycles. The van der Waals surface area contributed by atoms with E-state index in [1.54, 1.807) is 20.0 Å². The third-order valence-electron chi connectivity index (χ3n) is 3.23. The van der Waals surface area contributed by atoms with Crippen molar-refractivity contribution in [3.63, 3.8) is 0 Å². The number of hydrogen-bond donors (Lipinski definition) is 0. The van der Waals surface area contributed by atoms with E-state index in [2.05, 4.69) is 0 Å². The fourth-order valence-corrected chi connectivity index (χ4v) is 2.19. The van der Waals surface area contributed by atoms with Crippen molar-refractivity contribution in [1.82, 2.24) is 0 Å². The lowest BCUT2D eigenvalue weighted by Crippen LogP contribution is -2.32. The van der Waals surface area contributed by atoms with Crippen LogP contribution in [0.2, 0.25) is 0 Å². The second-order valence-corrected chi connectivity index (χ2v) is 4.91. The Labute approximate surface area is 116 Å². The van der Waals surface area contributed by atoms with Gasteiger partial charge in [-0.05, 0) is 36.9 Å². The van der Waals surface area contributed by atoms with Crippen molar-refractivity contribution in [3.8, 4) is 11.3 Å². The van der Waals surface area contributed by atoms with E-state index in [1.165, 1.54) is 0 Å². The molecule has 0 fully saturated rings. The average Bonchev–Trinajstić information content (AvgIpc) is 2.37. The molecular formula is C17H22N+. The van der Waals surface area contributed by atoms with Gasteiger partial charge in [0.05, 0.1) is 0 Å². The molecule has 1 heterocycles. The van der Waals surface area contributed by atoms with Gasteiger partial charge in [-0.3, -0.25) is 0 Å². The zero-order valence-corrected chi connectivity index (χ0v) is 11.4. The SMILES string of the molecule is [2H]C([2H])([2H])c1c[n+](C)c(-c2ccccc2C)cc1C([2H])(C)C. The van der Waals surface area contributed by atoms with Gasteiger partial charge in [0.15, 0.2) is 6.20 Å². The quantitative estimate of drug-likeness (QED) is 0.705. The lowest BCUT2D eigenvalue weighted by molar-refractivity contribution is -0.660. The van der Waals surface area contributed by atoms with Gasteiger partial charge in [-0.1, -0.05) is 32.0 Å². The fraction of sp³-hybridized carbons (Fsp3) is 0.353. The molecule has 0 N–H and O–H groups in total. The van der Waals surface area contributed by atoms with Crippen LogP contribution in [-0.4, -0.2) is 0 Å². The lowest BCUT2D eigenvalue weighted by atomic mass is 9.96. The van der Waals surface area contributed by atoms with E-state index in [9.17, 15) is 0 Å². The second-order valence-electron chi connectivity index (χ2n) is 4.91. The summed E-state index contributed by atoms with van der Waals surface area (Å²) in [5.74, 6) is -0.977. The normalized spacial score (nSPS) is 15.6. The minimum atomic E-state index is -2.23. The van der Waals surface area contributed by atoms with Crippen LogP contribution in [-0.2, 0) is 7.05 Å². The maximum absolute atomic E-state index is 8.32. The van der Waals surface area contributed by atoms with Crippen molar-refractivity contribution in [2.45, 2.75) is 33.5 Å². The monoisotopic (exact) mass is 244 g/mol. The van der Waals surface area contributed by atoms with E-state index in [1.807, 2.05) is 48.9 Å². The number of hydrogen-bond acceptors (Lipinski definition) is 0. The maximum atomic E-state index is 8.32. The number of pyridine rings is 1. The molecule has 18 heavy (non-hydrogen) atoms. The highest BCUT2D eigenvalue weighted by atomic mass is 14.9. The molecule has 0 aliphatic carbocycles. The fourth-order valence-electron chi connectivity index (χ4n) is 2.19. The van der Waals surface area contributed by atoms with Crippen LogP contribution in [0, 0.1) is 13.8 Å². The Morgan fingerprint density at radius 3 is 2.56 bits per heavy atom. The van der Waals surface area contributed by atoms with Crippen LogP contribution in [0.3, 0.4) is 0 Å². The smallest absolute Gasteiger partial charge is 0.201 e. The zero-order chi connectivity index (χ0) is 16.7. The van der Waals surface area contributed by atoms with Crippen LogP contribution in [0.15, 0.2) is 36.5 Å². The minimum Gasteiger partial charge on any atom is -0.201 e. The summed E-state index contributed by atoms with van der Waals surface area (Å²) in [5.41, 5.74) is 3.87. The number of nitrogens with zero attached hydrogens (tertiary/aromatic N) is 1. The maximum Gasteiger partial charge on any atom is 0.212 e. The van der Waals surface area contributed by atoms with Crippen LogP contribution in [0.4, 0.5) is 0 Å². The van der Waals surface area contributed by atoms with Gasteiger partial charge in [0.2, 0.25) is 5.69 Å². The molecule has 0 saturated heterocycles. The first-order chi connectivity index (χ1) is 10.0. The zero-order valence-electron chi connectivity index (χ0n) is 15.4. The molecule has 0 spiro atoms. The van der Waals surface area contributed by atoms with Crippen molar-refractivity contribution < 1.29 is 10.1 Å². The number of aryl methyl sites for hydroxylation is 3. The Morgan fingerprint density at radius 1 is 1.22 bits per heavy atom. The van der Waals surface area contributed by atoms with Crippen LogP contribution < -0.4 is 4.57 Å². The number of benzene rings is 1. The largest absolute Gasteiger partial charge is 0.212 e. The second kappa shape index (κ2) is 4.93. The summed E-state index contributed by atoms with van der Waals surface area (Å²) in [6.07, 6.45) is 1.64. The Bertz CT molecular complexity index is 697. The van der Waals surface area contributed by atoms with E-state index in [-0.39, 0.29) is 5.56 Å². The Morgan fingerprint density at radius 2 is 1.94 bits per heavy atom. The number of rotatable bonds is 2. The highest BCUT2D eigenvalue weighted by Gasteiger charge is 2.16. The van der Waals surface area contributed by atoms with Crippen molar-refractivity contribution in [2.75, 3.05) is 0 Å². The third-order valence-corrected chi connectivity index (χ3v) is 3.23. The number of aromatic nitrogens is 1. The standard InChI is InChI=1S/C17H22N/c1-12(2)16-10-17(18(5)11-14(16)4)15-9-7-6-8-13(15)3/h6-12H,1-5H3/q+1/i4D3,12D. The highest BCUT2D eigenvalue weighted by molar-refractivity contribution is 5.61. The lowest BCUT2D eigenvalue weighted by Gasteiger charge is -2.11. The summed E-state index contributed by atoms with van der Waals surface area (Å²) in [4.78, 5) is 0. The van der Waals surface area contributed by atoms with Gasteiger partial charge in [-0.2, -0.15) is 0 Å². The highest BCUT2D eigenvalue weighted by Crippen LogP contribution is 2.25. The van der Waals surface area contributed by atoms with Crippen molar-refractivity contribution in [1.29, 1.82) is 0 Å². The van der Waals surface area contributed by atoms with E-state index in [0.717, 1.165) is 16.8 Å². The first-order valence-corrected chi connectivity index (χ1v) is 6.12. The Hall–Kier alpha value is -1.63. The molecule has 0 atom stereocenters. The molecule has 0 aliphatic heterocycles. The van der Waals surface area contributed by atoms with Gasteiger partial charge in [-0.25, -0.2) is 4.57 Å². The summed E-state index contributed by atoms with van der Waals surface area (Å²) in [7, 11) is 1.84. The first kappa shape index (κ1) is 8.47. The van der Waals surface area contributed by atoms with Crippen LogP contribution in [0.1, 0.15) is 41.9 Å². The topological polar surface area (TPSA) is 3.88 Å². The van der Waals surface area contributed by atoms with Crippen molar-refractivity contribution in [3.05, 3.63) is 53.2 Å². The van der Waals surface area contributed by atoms with Crippen LogP contribution >= 0.6 is 0 Å². The molecule has 2 rings (SSSR count). The van der Waals surface area contributed by atoms with Crippen molar-refractivity contribution in [2.24, 2.45) is 7.05 Å². The molecule has 0 saturated carbocycles. The van der Waals surface area contributed by atoms with Crippen LogP contribution in [0.25, 0.3) is 11.3 Å². The Balaban J connectivity index is 2.77. The summed E-state index contributed by atoms with van der Waals surface area (Å²) >= 11 is 0. The van der Waals surface area contributed by atoms with Crippen molar-refractivity contribution >= 4 is 0 Å². The molecule has 1 nitrogen and oxygen atoms in total. The van der Waals surface area contributed by atoms with Crippen LogP contribution in [0.5, 0.6) is 0 Å². The predicted octanol–water partition coefficient (Wildman–Crippen LogP) is 3.92. The first-order valence-electron chi connectivity index (χ1n) is 8.12. The summed E-state index contributed by atoms with van der Waals surface area (Å²) in [5, 5.41) is 0. The van der Waals surface area contributed by atoms with Gasteiger partial charge in [0.1, 0.15) is 7.05 Å². The van der Waals surface area contributed by atoms with E-state index >= 15 is 0 Å². The summed E-state index contributed by atoms with van der Waals surface area (Å²) in [6.45, 7) is 3.24. The van der Waals surface area contributed by atoms with E-state index in [4.69, 9.17) is 5.48 Å². The molecule has 0 bridgehead atoms.